The minimum Gasteiger partial charge on any atom is -0.478 e. The normalized spacial score (nSPS) is 11.2. The first-order valence-electron chi connectivity index (χ1n) is 6.99. The SMILES string of the molecule is CCCN(c1ccccc1)S(=O)(=O)c1cccc(C(=O)O)c1Br. The number of hydrogen-bond donors (Lipinski definition) is 1. The predicted molar refractivity (Wildman–Crippen MR) is 92.4 cm³/mol. The molecule has 0 spiro atoms. The van der Waals surface area contributed by atoms with Gasteiger partial charge in [-0.05, 0) is 46.6 Å². The summed E-state index contributed by atoms with van der Waals surface area (Å²) in [6.07, 6.45) is 0.629. The number of hydrogen-bond acceptors (Lipinski definition) is 3. The maximum atomic E-state index is 13.0. The van der Waals surface area contributed by atoms with Crippen LogP contribution in [0.15, 0.2) is 57.9 Å². The molecule has 0 aliphatic carbocycles. The van der Waals surface area contributed by atoms with Gasteiger partial charge < -0.3 is 5.11 Å². The van der Waals surface area contributed by atoms with Crippen molar-refractivity contribution in [3.05, 3.63) is 58.6 Å². The van der Waals surface area contributed by atoms with Gasteiger partial charge in [0.2, 0.25) is 0 Å². The van der Waals surface area contributed by atoms with Gasteiger partial charge >= 0.3 is 5.97 Å². The van der Waals surface area contributed by atoms with E-state index in [0.717, 1.165) is 0 Å². The molecule has 2 aromatic rings. The number of rotatable bonds is 6. The molecule has 0 radical (unpaired) electrons. The maximum Gasteiger partial charge on any atom is 0.336 e. The van der Waals surface area contributed by atoms with Gasteiger partial charge in [-0.25, -0.2) is 13.2 Å². The Kier molecular flexibility index (Phi) is 5.43. The summed E-state index contributed by atoms with van der Waals surface area (Å²) in [6, 6.07) is 12.9. The summed E-state index contributed by atoms with van der Waals surface area (Å²) in [5, 5.41) is 9.18. The second-order valence-electron chi connectivity index (χ2n) is 4.84. The van der Waals surface area contributed by atoms with Crippen LogP contribution in [0.1, 0.15) is 23.7 Å². The van der Waals surface area contributed by atoms with Crippen molar-refractivity contribution >= 4 is 37.6 Å². The summed E-state index contributed by atoms with van der Waals surface area (Å²) in [5.41, 5.74) is 0.456. The molecule has 7 heteroatoms. The van der Waals surface area contributed by atoms with Crippen molar-refractivity contribution in [2.24, 2.45) is 0 Å². The van der Waals surface area contributed by atoms with E-state index in [1.54, 1.807) is 30.3 Å². The van der Waals surface area contributed by atoms with Gasteiger partial charge in [0.25, 0.3) is 10.0 Å². The lowest BCUT2D eigenvalue weighted by atomic mass is 10.2. The third kappa shape index (κ3) is 3.56. The number of para-hydroxylation sites is 1. The van der Waals surface area contributed by atoms with Crippen molar-refractivity contribution in [1.29, 1.82) is 0 Å². The van der Waals surface area contributed by atoms with Crippen molar-refractivity contribution in [3.8, 4) is 0 Å². The molecular formula is C16H16BrNO4S. The van der Waals surface area contributed by atoms with E-state index < -0.39 is 16.0 Å². The second-order valence-corrected chi connectivity index (χ2v) is 7.46. The lowest BCUT2D eigenvalue weighted by Crippen LogP contribution is -2.32. The van der Waals surface area contributed by atoms with Crippen molar-refractivity contribution in [2.45, 2.75) is 18.2 Å². The molecule has 0 fully saturated rings. The van der Waals surface area contributed by atoms with E-state index in [1.165, 1.54) is 22.5 Å². The smallest absolute Gasteiger partial charge is 0.336 e. The molecule has 0 aliphatic heterocycles. The average molecular weight is 398 g/mol. The molecule has 2 aromatic carbocycles. The zero-order valence-corrected chi connectivity index (χ0v) is 14.8. The predicted octanol–water partition coefficient (Wildman–Crippen LogP) is 3.75. The molecule has 0 unspecified atom stereocenters. The Morgan fingerprint density at radius 1 is 1.13 bits per heavy atom. The fourth-order valence-corrected chi connectivity index (χ4v) is 4.87. The van der Waals surface area contributed by atoms with E-state index in [0.29, 0.717) is 18.7 Å². The van der Waals surface area contributed by atoms with E-state index in [1.807, 2.05) is 6.92 Å². The number of carbonyl (C=O) groups is 1. The van der Waals surface area contributed by atoms with Crippen LogP contribution in [0.4, 0.5) is 5.69 Å². The minimum atomic E-state index is -3.88. The highest BCUT2D eigenvalue weighted by atomic mass is 79.9. The Morgan fingerprint density at radius 2 is 1.78 bits per heavy atom. The molecular weight excluding hydrogens is 382 g/mol. The van der Waals surface area contributed by atoms with Crippen molar-refractivity contribution < 1.29 is 18.3 Å². The van der Waals surface area contributed by atoms with Gasteiger partial charge in [-0.15, -0.1) is 0 Å². The zero-order chi connectivity index (χ0) is 17.0. The Hall–Kier alpha value is -1.86. The van der Waals surface area contributed by atoms with Gasteiger partial charge in [0.05, 0.1) is 15.7 Å². The molecule has 0 aliphatic rings. The number of benzene rings is 2. The van der Waals surface area contributed by atoms with Gasteiger partial charge in [0, 0.05) is 6.54 Å². The van der Waals surface area contributed by atoms with Gasteiger partial charge in [-0.1, -0.05) is 31.2 Å². The molecule has 0 aromatic heterocycles. The second kappa shape index (κ2) is 7.14. The first-order chi connectivity index (χ1) is 10.9. The first-order valence-corrected chi connectivity index (χ1v) is 9.22. The summed E-state index contributed by atoms with van der Waals surface area (Å²) in [5.74, 6) is -1.18. The molecule has 5 nitrogen and oxygen atoms in total. The monoisotopic (exact) mass is 397 g/mol. The van der Waals surface area contributed by atoms with Gasteiger partial charge in [0.15, 0.2) is 0 Å². The summed E-state index contributed by atoms with van der Waals surface area (Å²) in [6.45, 7) is 2.18. The molecule has 0 atom stereocenters. The largest absolute Gasteiger partial charge is 0.478 e. The lowest BCUT2D eigenvalue weighted by molar-refractivity contribution is 0.0695. The lowest BCUT2D eigenvalue weighted by Gasteiger charge is -2.24. The standard InChI is InChI=1S/C16H16BrNO4S/c1-2-11-18(12-7-4-3-5-8-12)23(21,22)14-10-6-9-13(15(14)17)16(19)20/h3-10H,2,11H2,1H3,(H,19,20). The number of carboxylic acid groups (broad SMARTS) is 1. The summed E-state index contributed by atoms with van der Waals surface area (Å²) < 4.78 is 27.4. The van der Waals surface area contributed by atoms with Crippen molar-refractivity contribution in [1.82, 2.24) is 0 Å². The molecule has 0 heterocycles. The maximum absolute atomic E-state index is 13.0. The van der Waals surface area contributed by atoms with Crippen LogP contribution in [0.5, 0.6) is 0 Å². The first kappa shape index (κ1) is 17.5. The number of halogens is 1. The third-order valence-corrected chi connectivity index (χ3v) is 6.22. The van der Waals surface area contributed by atoms with Crippen molar-refractivity contribution in [2.75, 3.05) is 10.8 Å². The number of aromatic carboxylic acids is 1. The quantitative estimate of drug-likeness (QED) is 0.804. The van der Waals surface area contributed by atoms with Gasteiger partial charge in [-0.3, -0.25) is 4.31 Å². The highest BCUT2D eigenvalue weighted by molar-refractivity contribution is 9.10. The Labute approximate surface area is 143 Å². The van der Waals surface area contributed by atoms with Gasteiger partial charge in [-0.2, -0.15) is 0 Å². The Morgan fingerprint density at radius 3 is 2.35 bits per heavy atom. The molecule has 0 saturated carbocycles. The topological polar surface area (TPSA) is 74.7 Å². The number of carboxylic acids is 1. The summed E-state index contributed by atoms with van der Waals surface area (Å²) in [7, 11) is -3.88. The van der Waals surface area contributed by atoms with E-state index in [-0.39, 0.29) is 14.9 Å². The van der Waals surface area contributed by atoms with Crippen LogP contribution in [0.3, 0.4) is 0 Å². The van der Waals surface area contributed by atoms with E-state index in [9.17, 15) is 18.3 Å². The van der Waals surface area contributed by atoms with E-state index in [4.69, 9.17) is 0 Å². The highest BCUT2D eigenvalue weighted by Crippen LogP contribution is 2.31. The fourth-order valence-electron chi connectivity index (χ4n) is 2.18. The Bertz CT molecular complexity index is 806. The van der Waals surface area contributed by atoms with Crippen LogP contribution < -0.4 is 4.31 Å². The van der Waals surface area contributed by atoms with Crippen LogP contribution in [-0.4, -0.2) is 26.0 Å². The minimum absolute atomic E-state index is 0.0598. The highest BCUT2D eigenvalue weighted by Gasteiger charge is 2.28. The zero-order valence-electron chi connectivity index (χ0n) is 12.4. The van der Waals surface area contributed by atoms with Crippen LogP contribution in [0.25, 0.3) is 0 Å². The van der Waals surface area contributed by atoms with E-state index in [2.05, 4.69) is 15.9 Å². The summed E-state index contributed by atoms with van der Waals surface area (Å²) >= 11 is 3.12. The number of anilines is 1. The molecule has 0 amide bonds. The molecule has 0 bridgehead atoms. The molecule has 23 heavy (non-hydrogen) atoms. The number of nitrogens with zero attached hydrogens (tertiary/aromatic N) is 1. The third-order valence-electron chi connectivity index (χ3n) is 3.23. The van der Waals surface area contributed by atoms with E-state index >= 15 is 0 Å². The van der Waals surface area contributed by atoms with Gasteiger partial charge in [0.1, 0.15) is 4.90 Å². The van der Waals surface area contributed by atoms with Crippen LogP contribution in [0.2, 0.25) is 0 Å². The van der Waals surface area contributed by atoms with Crippen molar-refractivity contribution in [3.63, 3.8) is 0 Å². The Balaban J connectivity index is 2.60. The fraction of sp³-hybridized carbons (Fsp3) is 0.188. The molecule has 122 valence electrons. The number of sulfonamides is 1. The molecule has 1 N–H and O–H groups in total. The summed E-state index contributed by atoms with van der Waals surface area (Å²) in [4.78, 5) is 11.2. The molecule has 2 rings (SSSR count). The van der Waals surface area contributed by atoms with Crippen LogP contribution >= 0.6 is 15.9 Å². The van der Waals surface area contributed by atoms with Crippen LogP contribution in [-0.2, 0) is 10.0 Å². The van der Waals surface area contributed by atoms with Crippen LogP contribution in [0, 0.1) is 0 Å². The average Bonchev–Trinajstić information content (AvgIpc) is 2.53. The molecule has 0 saturated heterocycles.